The number of nitrogens with two attached hydrogens (primary N) is 1. The molecule has 3 rings (SSSR count). The number of nitrogens with zero attached hydrogens (tertiary/aromatic N) is 3. The molecule has 0 aliphatic heterocycles. The molecule has 3 N–H and O–H groups in total. The first-order chi connectivity index (χ1) is 12.7. The van der Waals surface area contributed by atoms with Gasteiger partial charge in [0.2, 0.25) is 0 Å². The minimum atomic E-state index is -0.537. The lowest BCUT2D eigenvalue weighted by molar-refractivity contribution is 0.0549. The molecular formula is C19H24ClN5O2. The number of rotatable bonds is 4. The second kappa shape index (κ2) is 7.60. The van der Waals surface area contributed by atoms with Crippen LogP contribution in [0.15, 0.2) is 30.6 Å². The van der Waals surface area contributed by atoms with Crippen molar-refractivity contribution in [2.24, 2.45) is 0 Å². The zero-order valence-electron chi connectivity index (χ0n) is 15.7. The molecule has 27 heavy (non-hydrogen) atoms. The van der Waals surface area contributed by atoms with Gasteiger partial charge in [0.15, 0.2) is 11.0 Å². The van der Waals surface area contributed by atoms with Gasteiger partial charge in [-0.2, -0.15) is 0 Å². The number of nitrogens with one attached hydrogen (secondary N) is 1. The number of aromatic nitrogens is 2. The number of halogens is 1. The van der Waals surface area contributed by atoms with Gasteiger partial charge in [0.05, 0.1) is 0 Å². The number of carbonyl (C=O) groups is 1. The number of nitrogen functional groups attached to an aromatic ring is 1. The van der Waals surface area contributed by atoms with Crippen LogP contribution in [0.2, 0.25) is 5.15 Å². The van der Waals surface area contributed by atoms with Crippen molar-refractivity contribution in [1.82, 2.24) is 9.97 Å². The highest BCUT2D eigenvalue weighted by Gasteiger charge is 2.33. The summed E-state index contributed by atoms with van der Waals surface area (Å²) in [6.07, 6.45) is 4.11. The zero-order chi connectivity index (χ0) is 19.6. The van der Waals surface area contributed by atoms with E-state index in [0.717, 1.165) is 30.6 Å². The molecule has 1 aliphatic rings. The van der Waals surface area contributed by atoms with E-state index < -0.39 is 5.60 Å². The highest BCUT2D eigenvalue weighted by Crippen LogP contribution is 2.32. The Kier molecular flexibility index (Phi) is 5.41. The van der Waals surface area contributed by atoms with Crippen LogP contribution in [0, 0.1) is 0 Å². The summed E-state index contributed by atoms with van der Waals surface area (Å²) < 4.78 is 5.59. The van der Waals surface area contributed by atoms with Crippen LogP contribution in [-0.4, -0.2) is 27.7 Å². The number of amides is 1. The maximum atomic E-state index is 12.7. The molecular weight excluding hydrogens is 366 g/mol. The molecule has 7 nitrogen and oxygen atoms in total. The van der Waals surface area contributed by atoms with Crippen LogP contribution in [0.1, 0.15) is 40.0 Å². The lowest BCUT2D eigenvalue weighted by Crippen LogP contribution is -2.46. The summed E-state index contributed by atoms with van der Waals surface area (Å²) in [6, 6.07) is 7.66. The first kappa shape index (κ1) is 19.2. The summed E-state index contributed by atoms with van der Waals surface area (Å²) in [5, 5.41) is 3.31. The second-order valence-electron chi connectivity index (χ2n) is 7.53. The average Bonchev–Trinajstić information content (AvgIpc) is 2.54. The molecule has 1 amide bonds. The van der Waals surface area contributed by atoms with Gasteiger partial charge >= 0.3 is 6.09 Å². The van der Waals surface area contributed by atoms with Crippen molar-refractivity contribution >= 4 is 40.6 Å². The van der Waals surface area contributed by atoms with Crippen LogP contribution in [0.25, 0.3) is 0 Å². The second-order valence-corrected chi connectivity index (χ2v) is 7.89. The summed E-state index contributed by atoms with van der Waals surface area (Å²) in [4.78, 5) is 22.4. The Balaban J connectivity index is 1.79. The van der Waals surface area contributed by atoms with E-state index in [0.29, 0.717) is 5.82 Å². The van der Waals surface area contributed by atoms with Gasteiger partial charge in [-0.15, -0.1) is 0 Å². The van der Waals surface area contributed by atoms with Gasteiger partial charge in [-0.05, 0) is 64.3 Å². The first-order valence-corrected chi connectivity index (χ1v) is 9.27. The van der Waals surface area contributed by atoms with Crippen LogP contribution < -0.4 is 16.0 Å². The Morgan fingerprint density at radius 2 is 1.93 bits per heavy atom. The molecule has 2 aromatic rings. The first-order valence-electron chi connectivity index (χ1n) is 8.90. The minimum Gasteiger partial charge on any atom is -0.443 e. The fourth-order valence-electron chi connectivity index (χ4n) is 2.74. The standard InChI is InChI=1S/C19H24ClN5O2/c1-19(2,3)27-18(26)25(13-5-4-6-13)14-9-7-12(8-10-14)24-17-15(21)16(20)22-11-23-17/h7-11,13H,4-6,21H2,1-3H3,(H,22,23,24). The summed E-state index contributed by atoms with van der Waals surface area (Å²) in [5.74, 6) is 0.436. The Morgan fingerprint density at radius 3 is 2.48 bits per heavy atom. The molecule has 0 radical (unpaired) electrons. The molecule has 0 saturated heterocycles. The maximum Gasteiger partial charge on any atom is 0.415 e. The van der Waals surface area contributed by atoms with Crippen molar-refractivity contribution in [3.8, 4) is 0 Å². The molecule has 1 heterocycles. The quantitative estimate of drug-likeness (QED) is 0.733. The van der Waals surface area contributed by atoms with Crippen LogP contribution in [0.4, 0.5) is 27.7 Å². The Bertz CT molecular complexity index is 816. The molecule has 0 unspecified atom stereocenters. The van der Waals surface area contributed by atoms with Crippen molar-refractivity contribution in [3.63, 3.8) is 0 Å². The molecule has 0 atom stereocenters. The highest BCUT2D eigenvalue weighted by atomic mass is 35.5. The summed E-state index contributed by atoms with van der Waals surface area (Å²) in [5.41, 5.74) is 7.21. The van der Waals surface area contributed by atoms with E-state index >= 15 is 0 Å². The van der Waals surface area contributed by atoms with Gasteiger partial charge < -0.3 is 15.8 Å². The van der Waals surface area contributed by atoms with Crippen molar-refractivity contribution < 1.29 is 9.53 Å². The monoisotopic (exact) mass is 389 g/mol. The van der Waals surface area contributed by atoms with Crippen molar-refractivity contribution in [2.45, 2.75) is 51.7 Å². The number of anilines is 4. The topological polar surface area (TPSA) is 93.4 Å². The fraction of sp³-hybridized carbons (Fsp3) is 0.421. The van der Waals surface area contributed by atoms with Crippen LogP contribution in [0.3, 0.4) is 0 Å². The molecule has 1 fully saturated rings. The fourth-order valence-corrected chi connectivity index (χ4v) is 2.87. The predicted molar refractivity (Wildman–Crippen MR) is 108 cm³/mol. The van der Waals surface area contributed by atoms with E-state index in [-0.39, 0.29) is 23.0 Å². The lowest BCUT2D eigenvalue weighted by Gasteiger charge is -2.38. The van der Waals surface area contributed by atoms with E-state index in [1.165, 1.54) is 6.33 Å². The number of carbonyl (C=O) groups excluding carboxylic acids is 1. The Morgan fingerprint density at radius 1 is 1.26 bits per heavy atom. The number of hydrogen-bond acceptors (Lipinski definition) is 6. The lowest BCUT2D eigenvalue weighted by atomic mass is 9.91. The molecule has 1 aromatic carbocycles. The zero-order valence-corrected chi connectivity index (χ0v) is 16.5. The van der Waals surface area contributed by atoms with Crippen LogP contribution in [-0.2, 0) is 4.74 Å². The summed E-state index contributed by atoms with van der Waals surface area (Å²) >= 11 is 5.92. The van der Waals surface area contributed by atoms with Gasteiger partial charge in [-0.25, -0.2) is 14.8 Å². The van der Waals surface area contributed by atoms with E-state index in [1.807, 2.05) is 45.0 Å². The van der Waals surface area contributed by atoms with Crippen LogP contribution >= 0.6 is 11.6 Å². The molecule has 8 heteroatoms. The van der Waals surface area contributed by atoms with Crippen molar-refractivity contribution in [1.29, 1.82) is 0 Å². The third kappa shape index (κ3) is 4.60. The maximum absolute atomic E-state index is 12.7. The van der Waals surface area contributed by atoms with E-state index in [4.69, 9.17) is 22.1 Å². The molecule has 1 aromatic heterocycles. The number of ether oxygens (including phenoxy) is 1. The highest BCUT2D eigenvalue weighted by molar-refractivity contribution is 6.32. The van der Waals surface area contributed by atoms with E-state index in [2.05, 4.69) is 15.3 Å². The summed E-state index contributed by atoms with van der Waals surface area (Å²) in [6.45, 7) is 5.61. The van der Waals surface area contributed by atoms with Gasteiger partial charge in [0, 0.05) is 17.4 Å². The predicted octanol–water partition coefficient (Wildman–Crippen LogP) is 4.75. The van der Waals surface area contributed by atoms with Gasteiger partial charge in [0.1, 0.15) is 17.6 Å². The van der Waals surface area contributed by atoms with Gasteiger partial charge in [0.25, 0.3) is 0 Å². The van der Waals surface area contributed by atoms with Crippen molar-refractivity contribution in [2.75, 3.05) is 16.0 Å². The Hall–Kier alpha value is -2.54. The van der Waals surface area contributed by atoms with E-state index in [1.54, 1.807) is 4.90 Å². The van der Waals surface area contributed by atoms with Crippen molar-refractivity contribution in [3.05, 3.63) is 35.7 Å². The molecule has 0 bridgehead atoms. The molecule has 1 saturated carbocycles. The molecule has 0 spiro atoms. The number of hydrogen-bond donors (Lipinski definition) is 2. The number of benzene rings is 1. The SMILES string of the molecule is CC(C)(C)OC(=O)N(c1ccc(Nc2ncnc(Cl)c2N)cc1)C1CCC1. The van der Waals surface area contributed by atoms with E-state index in [9.17, 15) is 4.79 Å². The molecule has 1 aliphatic carbocycles. The minimum absolute atomic E-state index is 0.176. The van der Waals surface area contributed by atoms with Crippen LogP contribution in [0.5, 0.6) is 0 Å². The average molecular weight is 390 g/mol. The Labute approximate surface area is 163 Å². The third-order valence-electron chi connectivity index (χ3n) is 4.27. The normalized spacial score (nSPS) is 14.4. The smallest absolute Gasteiger partial charge is 0.415 e. The largest absolute Gasteiger partial charge is 0.443 e. The summed E-state index contributed by atoms with van der Waals surface area (Å²) in [7, 11) is 0. The third-order valence-corrected chi connectivity index (χ3v) is 4.57. The molecule has 144 valence electrons. The van der Waals surface area contributed by atoms with Gasteiger partial charge in [-0.3, -0.25) is 4.90 Å². The van der Waals surface area contributed by atoms with Gasteiger partial charge in [-0.1, -0.05) is 11.6 Å².